The molecule has 0 amide bonds. The minimum atomic E-state index is -2.88. The van der Waals surface area contributed by atoms with E-state index in [0.717, 1.165) is 43.2 Å². The van der Waals surface area contributed by atoms with Gasteiger partial charge in [0.1, 0.15) is 5.75 Å². The lowest BCUT2D eigenvalue weighted by Crippen LogP contribution is -2.59. The van der Waals surface area contributed by atoms with Gasteiger partial charge in [-0.15, -0.1) is 0 Å². The number of rotatable bonds is 2. The van der Waals surface area contributed by atoms with Crippen molar-refractivity contribution in [2.75, 3.05) is 20.1 Å². The minimum absolute atomic E-state index is 0.0235. The fourth-order valence-corrected chi connectivity index (χ4v) is 5.11. The fourth-order valence-electron chi connectivity index (χ4n) is 5.11. The van der Waals surface area contributed by atoms with Crippen molar-refractivity contribution < 1.29 is 15.7 Å². The zero-order valence-electron chi connectivity index (χ0n) is 20.2. The third-order valence-corrected chi connectivity index (χ3v) is 5.98. The van der Waals surface area contributed by atoms with Gasteiger partial charge in [0.25, 0.3) is 0 Å². The standard InChI is InChI=1S/C19H27NO/c1-3-21-15-8-7-14-12-18-16-6-4-5-9-19(16,17(14)13-15)10-11-20(18)2/h7-8,13,16,18H,3-6,9-12H2,1-2H3/t16-,18+,19+/m0/s1/i1D3,2D3,3D2. The highest BCUT2D eigenvalue weighted by Crippen LogP contribution is 2.55. The number of ether oxygens (including phenoxy) is 1. The van der Waals surface area contributed by atoms with Crippen LogP contribution in [0.1, 0.15) is 61.0 Å². The van der Waals surface area contributed by atoms with Crippen LogP contribution in [0.5, 0.6) is 5.75 Å². The van der Waals surface area contributed by atoms with Crippen LogP contribution in [0.4, 0.5) is 0 Å². The molecule has 114 valence electrons. The number of fused-ring (bicyclic) bond motifs is 1. The number of hydrogen-bond acceptors (Lipinski definition) is 2. The maximum Gasteiger partial charge on any atom is 0.119 e. The third kappa shape index (κ3) is 1.95. The lowest BCUT2D eigenvalue weighted by atomic mass is 9.52. The monoisotopic (exact) mass is 293 g/mol. The Balaban J connectivity index is 1.74. The predicted molar refractivity (Wildman–Crippen MR) is 86.0 cm³/mol. The van der Waals surface area contributed by atoms with E-state index in [1.807, 2.05) is 12.1 Å². The highest BCUT2D eigenvalue weighted by Gasteiger charge is 2.53. The van der Waals surface area contributed by atoms with E-state index in [0.29, 0.717) is 13.0 Å². The smallest absolute Gasteiger partial charge is 0.119 e. The summed E-state index contributed by atoms with van der Waals surface area (Å²) in [4.78, 5) is 1.70. The normalized spacial score (nSPS) is 42.5. The van der Waals surface area contributed by atoms with Crippen molar-refractivity contribution in [2.45, 2.75) is 56.8 Å². The summed E-state index contributed by atoms with van der Waals surface area (Å²) < 4.78 is 66.9. The Kier molecular flexibility index (Phi) is 1.79. The van der Waals surface area contributed by atoms with Crippen molar-refractivity contribution in [1.29, 1.82) is 0 Å². The number of hydrogen-bond donors (Lipinski definition) is 0. The average Bonchev–Trinajstić information content (AvgIpc) is 2.60. The maximum absolute atomic E-state index is 7.97. The molecule has 3 atom stereocenters. The number of likely N-dealkylation sites (tertiary alicyclic amines) is 1. The van der Waals surface area contributed by atoms with Crippen LogP contribution in [0.25, 0.3) is 0 Å². The number of benzene rings is 1. The van der Waals surface area contributed by atoms with Gasteiger partial charge < -0.3 is 9.64 Å². The van der Waals surface area contributed by atoms with E-state index in [1.54, 1.807) is 11.0 Å². The van der Waals surface area contributed by atoms with Gasteiger partial charge in [-0.3, -0.25) is 0 Å². The van der Waals surface area contributed by atoms with Crippen LogP contribution in [0.2, 0.25) is 0 Å². The Hall–Kier alpha value is -1.02. The molecule has 1 aliphatic heterocycles. The Morgan fingerprint density at radius 2 is 2.43 bits per heavy atom. The van der Waals surface area contributed by atoms with Crippen LogP contribution < -0.4 is 4.74 Å². The van der Waals surface area contributed by atoms with Gasteiger partial charge in [0.05, 0.1) is 9.30 Å². The third-order valence-electron chi connectivity index (χ3n) is 5.98. The summed E-state index contributed by atoms with van der Waals surface area (Å²) in [5, 5.41) is 0. The summed E-state index contributed by atoms with van der Waals surface area (Å²) in [6.07, 6.45) is 5.52. The molecule has 4 rings (SSSR count). The number of piperidine rings is 1. The number of likely N-dealkylation sites (N-methyl/N-ethyl adjacent to an activating group) is 1. The molecule has 0 spiro atoms. The van der Waals surface area contributed by atoms with Gasteiger partial charge in [0.15, 0.2) is 0 Å². The van der Waals surface area contributed by atoms with Gasteiger partial charge in [-0.1, -0.05) is 18.9 Å². The Morgan fingerprint density at radius 3 is 3.33 bits per heavy atom. The molecule has 0 N–H and O–H groups in total. The van der Waals surface area contributed by atoms with E-state index in [1.165, 1.54) is 0 Å². The average molecular weight is 293 g/mol. The first kappa shape index (κ1) is 7.50. The van der Waals surface area contributed by atoms with E-state index in [9.17, 15) is 0 Å². The van der Waals surface area contributed by atoms with Gasteiger partial charge in [0, 0.05) is 19.7 Å². The van der Waals surface area contributed by atoms with Gasteiger partial charge in [-0.2, -0.15) is 0 Å². The van der Waals surface area contributed by atoms with Crippen LogP contribution in [-0.2, 0) is 11.8 Å². The van der Waals surface area contributed by atoms with Crippen molar-refractivity contribution in [2.24, 2.45) is 5.92 Å². The van der Waals surface area contributed by atoms with Gasteiger partial charge in [-0.25, -0.2) is 0 Å². The first-order valence-electron chi connectivity index (χ1n) is 11.9. The number of nitrogens with zero attached hydrogens (tertiary/aromatic N) is 1. The quantitative estimate of drug-likeness (QED) is 0.823. The molecule has 2 aliphatic carbocycles. The van der Waals surface area contributed by atoms with Crippen molar-refractivity contribution in [1.82, 2.24) is 4.90 Å². The van der Waals surface area contributed by atoms with Crippen LogP contribution in [0, 0.1) is 5.92 Å². The molecule has 0 unspecified atom stereocenters. The molecule has 3 aliphatic rings. The molecular formula is C19H27NO. The second-order valence-electron chi connectivity index (χ2n) is 6.75. The van der Waals surface area contributed by atoms with E-state index in [4.69, 9.17) is 15.7 Å². The largest absolute Gasteiger partial charge is 0.494 e. The van der Waals surface area contributed by atoms with Crippen LogP contribution >= 0.6 is 0 Å². The highest BCUT2D eigenvalue weighted by atomic mass is 16.5. The van der Waals surface area contributed by atoms with Gasteiger partial charge in [0.2, 0.25) is 0 Å². The molecule has 0 aromatic heterocycles. The lowest BCUT2D eigenvalue weighted by Gasteiger charge is -2.58. The Bertz CT molecular complexity index is 789. The second-order valence-corrected chi connectivity index (χ2v) is 6.75. The molecule has 2 fully saturated rings. The molecule has 1 aromatic rings. The second kappa shape index (κ2) is 5.01. The van der Waals surface area contributed by atoms with Crippen LogP contribution in [0.3, 0.4) is 0 Å². The summed E-state index contributed by atoms with van der Waals surface area (Å²) in [6.45, 7) is -7.25. The molecule has 1 aromatic carbocycles. The summed E-state index contributed by atoms with van der Waals surface area (Å²) in [7, 11) is 0. The predicted octanol–water partition coefficient (Wildman–Crippen LogP) is 3.77. The molecule has 2 bridgehead atoms. The molecule has 0 radical (unpaired) electrons. The molecule has 1 saturated carbocycles. The lowest BCUT2D eigenvalue weighted by molar-refractivity contribution is 0.00271. The molecule has 1 heterocycles. The van der Waals surface area contributed by atoms with Crippen molar-refractivity contribution in [3.8, 4) is 5.75 Å². The van der Waals surface area contributed by atoms with E-state index in [2.05, 4.69) is 0 Å². The van der Waals surface area contributed by atoms with Crippen LogP contribution in [0.15, 0.2) is 18.2 Å². The SMILES string of the molecule is [2H]C([2H])([2H])N1CC[C@]23CCCC[C@H]2[C@H]1Cc1ccc(OC([2H])([2H])C([2H])([2H])[2H])cc13. The molecule has 1 saturated heterocycles. The molecule has 2 nitrogen and oxygen atoms in total. The van der Waals surface area contributed by atoms with Crippen molar-refractivity contribution in [3.63, 3.8) is 0 Å². The van der Waals surface area contributed by atoms with Crippen molar-refractivity contribution in [3.05, 3.63) is 29.3 Å². The first-order chi connectivity index (χ1) is 13.4. The summed E-state index contributed by atoms with van der Waals surface area (Å²) >= 11 is 0. The molecule has 2 heteroatoms. The Labute approximate surface area is 139 Å². The summed E-state index contributed by atoms with van der Waals surface area (Å²) in [5.41, 5.74) is 2.04. The van der Waals surface area contributed by atoms with Crippen molar-refractivity contribution >= 4 is 0 Å². The Morgan fingerprint density at radius 1 is 1.43 bits per heavy atom. The van der Waals surface area contributed by atoms with E-state index >= 15 is 0 Å². The maximum atomic E-state index is 7.97. The summed E-state index contributed by atoms with van der Waals surface area (Å²) in [5.74, 6) is 0.466. The molecule has 21 heavy (non-hydrogen) atoms. The van der Waals surface area contributed by atoms with E-state index < -0.39 is 20.4 Å². The first-order valence-corrected chi connectivity index (χ1v) is 7.94. The van der Waals surface area contributed by atoms with Gasteiger partial charge >= 0.3 is 0 Å². The topological polar surface area (TPSA) is 12.5 Å². The zero-order chi connectivity index (χ0) is 21.2. The molecular weight excluding hydrogens is 258 g/mol. The van der Waals surface area contributed by atoms with Gasteiger partial charge in [-0.05, 0) is 75.2 Å². The fraction of sp³-hybridized carbons (Fsp3) is 0.684. The van der Waals surface area contributed by atoms with E-state index in [-0.39, 0.29) is 23.1 Å². The minimum Gasteiger partial charge on any atom is -0.494 e. The highest BCUT2D eigenvalue weighted by molar-refractivity contribution is 5.45. The van der Waals surface area contributed by atoms with Crippen LogP contribution in [-0.4, -0.2) is 31.0 Å². The summed E-state index contributed by atoms with van der Waals surface area (Å²) in [6, 6.07) is 5.27. The zero-order valence-corrected chi connectivity index (χ0v) is 12.2.